The molecule has 130 valence electrons. The first-order chi connectivity index (χ1) is 11.8. The molecular formula is C17H13F2NO4S. The number of benzene rings is 2. The average Bonchev–Trinajstić information content (AvgIpc) is 2.55. The lowest BCUT2D eigenvalue weighted by atomic mass is 10.1. The highest BCUT2D eigenvalue weighted by molar-refractivity contribution is 7.96. The minimum Gasteiger partial charge on any atom is -0.465 e. The summed E-state index contributed by atoms with van der Waals surface area (Å²) in [5, 5.41) is 0. The lowest BCUT2D eigenvalue weighted by Crippen LogP contribution is -2.26. The van der Waals surface area contributed by atoms with E-state index >= 15 is 0 Å². The van der Waals surface area contributed by atoms with Crippen molar-refractivity contribution in [2.45, 2.75) is 11.8 Å². The number of carbonyl (C=O) groups excluding carboxylic acids is 1. The molecule has 1 heterocycles. The van der Waals surface area contributed by atoms with E-state index in [2.05, 4.69) is 4.74 Å². The number of anilines is 2. The zero-order valence-electron chi connectivity index (χ0n) is 13.3. The number of carbonyl (C=O) groups is 1. The number of sulfone groups is 1. The van der Waals surface area contributed by atoms with Gasteiger partial charge in [-0.1, -0.05) is 0 Å². The van der Waals surface area contributed by atoms with Crippen molar-refractivity contribution in [2.75, 3.05) is 12.0 Å². The second-order valence-corrected chi connectivity index (χ2v) is 7.29. The first-order valence-corrected chi connectivity index (χ1v) is 8.64. The van der Waals surface area contributed by atoms with Crippen molar-refractivity contribution in [3.63, 3.8) is 0 Å². The number of esters is 1. The number of fused-ring (bicyclic) bond motifs is 1. The predicted molar refractivity (Wildman–Crippen MR) is 87.0 cm³/mol. The van der Waals surface area contributed by atoms with E-state index < -0.39 is 32.3 Å². The Kier molecular flexibility index (Phi) is 4.08. The molecule has 5 nitrogen and oxygen atoms in total. The van der Waals surface area contributed by atoms with Gasteiger partial charge in [0.2, 0.25) is 9.84 Å². The van der Waals surface area contributed by atoms with Crippen LogP contribution in [0.15, 0.2) is 52.4 Å². The number of rotatable bonds is 2. The van der Waals surface area contributed by atoms with Crippen molar-refractivity contribution in [3.05, 3.63) is 64.7 Å². The molecule has 0 fully saturated rings. The number of ether oxygens (including phenoxy) is 1. The number of hydrogen-bond donors (Lipinski definition) is 0. The second-order valence-electron chi connectivity index (χ2n) is 5.40. The van der Waals surface area contributed by atoms with Gasteiger partial charge in [-0.15, -0.1) is 0 Å². The molecule has 3 rings (SSSR count). The van der Waals surface area contributed by atoms with Crippen LogP contribution in [0.3, 0.4) is 0 Å². The van der Waals surface area contributed by atoms with Gasteiger partial charge in [0.15, 0.2) is 4.91 Å². The van der Waals surface area contributed by atoms with Gasteiger partial charge >= 0.3 is 5.97 Å². The van der Waals surface area contributed by atoms with Gasteiger partial charge in [0.25, 0.3) is 0 Å². The lowest BCUT2D eigenvalue weighted by molar-refractivity contribution is -0.135. The van der Waals surface area contributed by atoms with Gasteiger partial charge in [-0.2, -0.15) is 0 Å². The minimum absolute atomic E-state index is 0.156. The monoisotopic (exact) mass is 365 g/mol. The second kappa shape index (κ2) is 5.96. The first kappa shape index (κ1) is 17.1. The summed E-state index contributed by atoms with van der Waals surface area (Å²) < 4.78 is 56.9. The summed E-state index contributed by atoms with van der Waals surface area (Å²) in [6.07, 6.45) is 1.10. The zero-order valence-corrected chi connectivity index (χ0v) is 14.1. The summed E-state index contributed by atoms with van der Waals surface area (Å²) in [5.41, 5.74) is 1.12. The quantitative estimate of drug-likeness (QED) is 0.765. The van der Waals surface area contributed by atoms with Crippen LogP contribution in [-0.2, 0) is 19.4 Å². The Balaban J connectivity index is 2.32. The normalized spacial score (nSPS) is 15.4. The molecule has 0 amide bonds. The average molecular weight is 365 g/mol. The van der Waals surface area contributed by atoms with Crippen LogP contribution in [0.2, 0.25) is 0 Å². The van der Waals surface area contributed by atoms with E-state index in [-0.39, 0.29) is 10.6 Å². The van der Waals surface area contributed by atoms with Gasteiger partial charge in [0.1, 0.15) is 11.6 Å². The summed E-state index contributed by atoms with van der Waals surface area (Å²) in [5.74, 6) is -2.29. The molecule has 0 radical (unpaired) electrons. The minimum atomic E-state index is -4.25. The van der Waals surface area contributed by atoms with E-state index in [0.29, 0.717) is 11.3 Å². The third-order valence-electron chi connectivity index (χ3n) is 3.81. The number of halogens is 2. The summed E-state index contributed by atoms with van der Waals surface area (Å²) >= 11 is 0. The van der Waals surface area contributed by atoms with Crippen LogP contribution in [0, 0.1) is 18.6 Å². The molecule has 0 unspecified atom stereocenters. The summed E-state index contributed by atoms with van der Waals surface area (Å²) in [7, 11) is -3.20. The predicted octanol–water partition coefficient (Wildman–Crippen LogP) is 3.21. The first-order valence-electron chi connectivity index (χ1n) is 7.16. The molecule has 0 saturated carbocycles. The SMILES string of the molecule is COC(=O)C1=CN(c2ccc(F)cc2C)c2ccc(F)cc2S1(=O)=O. The van der Waals surface area contributed by atoms with E-state index in [4.69, 9.17) is 0 Å². The highest BCUT2D eigenvalue weighted by Crippen LogP contribution is 2.41. The smallest absolute Gasteiger partial charge is 0.351 e. The van der Waals surface area contributed by atoms with Gasteiger partial charge in [-0.3, -0.25) is 0 Å². The molecule has 0 aliphatic carbocycles. The number of hydrogen-bond acceptors (Lipinski definition) is 5. The van der Waals surface area contributed by atoms with Crippen LogP contribution in [0.4, 0.5) is 20.2 Å². The van der Waals surface area contributed by atoms with Crippen LogP contribution in [-0.4, -0.2) is 21.5 Å². The zero-order chi connectivity index (χ0) is 18.4. The Hall–Kier alpha value is -2.74. The Morgan fingerprint density at radius 2 is 1.64 bits per heavy atom. The maximum atomic E-state index is 13.6. The number of aryl methyl sites for hydroxylation is 1. The standard InChI is InChI=1S/C17H13F2NO4S/c1-10-7-11(18)3-5-13(10)20-9-16(17(21)24-2)25(22,23)15-8-12(19)4-6-14(15)20/h3-9H,1-2H3. The number of nitrogens with zero attached hydrogens (tertiary/aromatic N) is 1. The topological polar surface area (TPSA) is 63.7 Å². The van der Waals surface area contributed by atoms with Gasteiger partial charge in [-0.25, -0.2) is 22.0 Å². The largest absolute Gasteiger partial charge is 0.465 e. The lowest BCUT2D eigenvalue weighted by Gasteiger charge is -2.29. The maximum Gasteiger partial charge on any atom is 0.351 e. The summed E-state index contributed by atoms with van der Waals surface area (Å²) in [4.78, 5) is 12.4. The third-order valence-corrected chi connectivity index (χ3v) is 5.57. The molecule has 25 heavy (non-hydrogen) atoms. The molecule has 0 saturated heterocycles. The third kappa shape index (κ3) is 2.78. The van der Waals surface area contributed by atoms with Crippen LogP contribution in [0.1, 0.15) is 5.56 Å². The fourth-order valence-electron chi connectivity index (χ4n) is 2.63. The highest BCUT2D eigenvalue weighted by atomic mass is 32.2. The van der Waals surface area contributed by atoms with Crippen molar-refractivity contribution >= 4 is 27.2 Å². The van der Waals surface area contributed by atoms with Gasteiger partial charge in [0, 0.05) is 11.9 Å². The molecule has 2 aromatic rings. The molecule has 0 N–H and O–H groups in total. The van der Waals surface area contributed by atoms with E-state index in [1.807, 2.05) is 0 Å². The van der Waals surface area contributed by atoms with Crippen LogP contribution in [0.5, 0.6) is 0 Å². The fraction of sp³-hybridized carbons (Fsp3) is 0.118. The van der Waals surface area contributed by atoms with Crippen molar-refractivity contribution in [3.8, 4) is 0 Å². The highest BCUT2D eigenvalue weighted by Gasteiger charge is 2.37. The van der Waals surface area contributed by atoms with Crippen LogP contribution in [0.25, 0.3) is 0 Å². The van der Waals surface area contributed by atoms with Gasteiger partial charge in [0.05, 0.1) is 17.7 Å². The van der Waals surface area contributed by atoms with E-state index in [9.17, 15) is 22.0 Å². The van der Waals surface area contributed by atoms with Crippen LogP contribution < -0.4 is 4.90 Å². The van der Waals surface area contributed by atoms with E-state index in [1.54, 1.807) is 6.92 Å². The molecular weight excluding hydrogens is 352 g/mol. The fourth-order valence-corrected chi connectivity index (χ4v) is 4.12. The molecule has 8 heteroatoms. The Labute approximate surface area is 143 Å². The molecule has 0 atom stereocenters. The summed E-state index contributed by atoms with van der Waals surface area (Å²) in [6.45, 7) is 1.64. The Morgan fingerprint density at radius 1 is 1.04 bits per heavy atom. The van der Waals surface area contributed by atoms with Gasteiger partial charge < -0.3 is 9.64 Å². The molecule has 2 aromatic carbocycles. The van der Waals surface area contributed by atoms with Crippen molar-refractivity contribution in [1.29, 1.82) is 0 Å². The Bertz CT molecular complexity index is 1020. The van der Waals surface area contributed by atoms with E-state index in [0.717, 1.165) is 25.4 Å². The van der Waals surface area contributed by atoms with E-state index in [1.165, 1.54) is 29.2 Å². The molecule has 1 aliphatic heterocycles. The van der Waals surface area contributed by atoms with Crippen molar-refractivity contribution in [1.82, 2.24) is 0 Å². The maximum absolute atomic E-state index is 13.6. The molecule has 0 aromatic heterocycles. The summed E-state index contributed by atoms with van der Waals surface area (Å²) in [6, 6.07) is 7.16. The molecule has 1 aliphatic rings. The number of methoxy groups -OCH3 is 1. The molecule has 0 spiro atoms. The van der Waals surface area contributed by atoms with Crippen molar-refractivity contribution < 1.29 is 26.7 Å². The van der Waals surface area contributed by atoms with Crippen LogP contribution >= 0.6 is 0 Å². The van der Waals surface area contributed by atoms with Crippen molar-refractivity contribution in [2.24, 2.45) is 0 Å². The molecule has 0 bridgehead atoms. The van der Waals surface area contributed by atoms with Gasteiger partial charge in [-0.05, 0) is 48.9 Å². The Morgan fingerprint density at radius 3 is 2.24 bits per heavy atom.